The molecule has 0 aliphatic rings. The van der Waals surface area contributed by atoms with Crippen LogP contribution in [0.15, 0.2) is 46.2 Å². The number of carbonyl (C=O) groups excluding carboxylic acids is 1. The number of amides is 1. The maximum absolute atomic E-state index is 12.8. The summed E-state index contributed by atoms with van der Waals surface area (Å²) in [6.07, 6.45) is -4.55. The molecule has 0 saturated heterocycles. The second-order valence-electron chi connectivity index (χ2n) is 4.46. The van der Waals surface area contributed by atoms with Crippen molar-refractivity contribution in [3.63, 3.8) is 0 Å². The molecule has 3 N–H and O–H groups in total. The van der Waals surface area contributed by atoms with Crippen LogP contribution in [-0.4, -0.2) is 5.91 Å². The van der Waals surface area contributed by atoms with E-state index >= 15 is 0 Å². The highest BCUT2D eigenvalue weighted by atomic mass is 32.1. The summed E-state index contributed by atoms with van der Waals surface area (Å²) >= 11 is 7.85. The van der Waals surface area contributed by atoms with Crippen LogP contribution >= 0.6 is 25.3 Å². The molecule has 0 aliphatic carbocycles. The van der Waals surface area contributed by atoms with Gasteiger partial charge in [0.2, 0.25) is 0 Å². The quantitative estimate of drug-likeness (QED) is 0.489. The zero-order valence-corrected chi connectivity index (χ0v) is 12.8. The van der Waals surface area contributed by atoms with E-state index in [-0.39, 0.29) is 16.1 Å². The highest BCUT2D eigenvalue weighted by molar-refractivity contribution is 7.80. The molecule has 2 rings (SSSR count). The van der Waals surface area contributed by atoms with Crippen molar-refractivity contribution in [1.82, 2.24) is 0 Å². The van der Waals surface area contributed by atoms with E-state index < -0.39 is 17.6 Å². The van der Waals surface area contributed by atoms with Crippen LogP contribution in [0.3, 0.4) is 0 Å². The minimum atomic E-state index is -4.55. The molecule has 1 amide bonds. The Morgan fingerprint density at radius 2 is 1.68 bits per heavy atom. The molecule has 0 bridgehead atoms. The average Bonchev–Trinajstić information content (AvgIpc) is 2.42. The van der Waals surface area contributed by atoms with Crippen molar-refractivity contribution in [3.8, 4) is 0 Å². The first kappa shape index (κ1) is 16.6. The molecule has 0 aromatic heterocycles. The molecule has 116 valence electrons. The molecule has 0 atom stereocenters. The Labute approximate surface area is 135 Å². The number of carbonyl (C=O) groups is 1. The molecule has 0 saturated carbocycles. The van der Waals surface area contributed by atoms with Crippen molar-refractivity contribution in [3.05, 3.63) is 47.5 Å². The van der Waals surface area contributed by atoms with Gasteiger partial charge in [-0.05, 0) is 36.4 Å². The van der Waals surface area contributed by atoms with Crippen LogP contribution < -0.4 is 11.1 Å². The van der Waals surface area contributed by atoms with Crippen molar-refractivity contribution in [2.75, 3.05) is 11.1 Å². The van der Waals surface area contributed by atoms with Crippen LogP contribution in [0.1, 0.15) is 15.9 Å². The molecule has 0 aliphatic heterocycles. The van der Waals surface area contributed by atoms with E-state index in [1.165, 1.54) is 30.3 Å². The highest BCUT2D eigenvalue weighted by Crippen LogP contribution is 2.35. The predicted octanol–water partition coefficient (Wildman–Crippen LogP) is 4.12. The Balaban J connectivity index is 2.27. The van der Waals surface area contributed by atoms with Gasteiger partial charge in [-0.1, -0.05) is 0 Å². The van der Waals surface area contributed by atoms with E-state index in [9.17, 15) is 18.0 Å². The normalized spacial score (nSPS) is 11.3. The third-order valence-corrected chi connectivity index (χ3v) is 3.65. The van der Waals surface area contributed by atoms with Gasteiger partial charge in [0.25, 0.3) is 5.91 Å². The van der Waals surface area contributed by atoms with Gasteiger partial charge >= 0.3 is 6.18 Å². The number of thiol groups is 2. The molecular formula is C14H11F3N2OS2. The fourth-order valence-electron chi connectivity index (χ4n) is 1.74. The first-order valence-corrected chi connectivity index (χ1v) is 6.88. The van der Waals surface area contributed by atoms with Gasteiger partial charge < -0.3 is 11.1 Å². The SMILES string of the molecule is Nc1cc(C(=O)Nc2ccc(S)c(C(F)(F)F)c2)ccc1S. The van der Waals surface area contributed by atoms with Crippen LogP contribution in [0.2, 0.25) is 0 Å². The summed E-state index contributed by atoms with van der Waals surface area (Å²) in [5.41, 5.74) is 5.26. The van der Waals surface area contributed by atoms with E-state index in [2.05, 4.69) is 30.6 Å². The van der Waals surface area contributed by atoms with Crippen LogP contribution in [0.5, 0.6) is 0 Å². The smallest absolute Gasteiger partial charge is 0.398 e. The summed E-state index contributed by atoms with van der Waals surface area (Å²) in [5.74, 6) is -0.569. The van der Waals surface area contributed by atoms with Gasteiger partial charge in [-0.25, -0.2) is 0 Å². The number of nitrogens with two attached hydrogens (primary N) is 1. The Morgan fingerprint density at radius 1 is 1.05 bits per heavy atom. The number of hydrogen-bond donors (Lipinski definition) is 4. The summed E-state index contributed by atoms with van der Waals surface area (Å²) in [7, 11) is 0. The van der Waals surface area contributed by atoms with Gasteiger partial charge in [0.15, 0.2) is 0 Å². The van der Waals surface area contributed by atoms with Crippen molar-refractivity contribution in [2.24, 2.45) is 0 Å². The largest absolute Gasteiger partial charge is 0.417 e. The van der Waals surface area contributed by atoms with Crippen LogP contribution in [-0.2, 0) is 6.18 Å². The molecular weight excluding hydrogens is 333 g/mol. The van der Waals surface area contributed by atoms with Gasteiger partial charge in [0.1, 0.15) is 0 Å². The van der Waals surface area contributed by atoms with Crippen molar-refractivity contribution >= 4 is 42.5 Å². The maximum atomic E-state index is 12.8. The summed E-state index contributed by atoms with van der Waals surface area (Å²) in [5, 5.41) is 2.39. The lowest BCUT2D eigenvalue weighted by Crippen LogP contribution is -2.14. The predicted molar refractivity (Wildman–Crippen MR) is 84.8 cm³/mol. The Bertz CT molecular complexity index is 733. The molecule has 2 aromatic rings. The third kappa shape index (κ3) is 3.69. The average molecular weight is 344 g/mol. The van der Waals surface area contributed by atoms with Gasteiger partial charge in [-0.3, -0.25) is 4.79 Å². The standard InChI is InChI=1S/C14H11F3N2OS2/c15-14(16,17)9-6-8(2-4-11(9)21)19-13(20)7-1-3-12(22)10(18)5-7/h1-6,21-22H,18H2,(H,19,20). The zero-order chi connectivity index (χ0) is 16.5. The Hall–Kier alpha value is -1.80. The minimum Gasteiger partial charge on any atom is -0.398 e. The molecule has 3 nitrogen and oxygen atoms in total. The highest BCUT2D eigenvalue weighted by Gasteiger charge is 2.33. The summed E-state index contributed by atoms with van der Waals surface area (Å²) in [6, 6.07) is 7.75. The fourth-order valence-corrected chi connectivity index (χ4v) is 2.14. The van der Waals surface area contributed by atoms with Crippen molar-refractivity contribution in [1.29, 1.82) is 0 Å². The third-order valence-electron chi connectivity index (χ3n) is 2.85. The molecule has 0 radical (unpaired) electrons. The first-order chi connectivity index (χ1) is 10.2. The number of nitrogens with one attached hydrogen (secondary N) is 1. The first-order valence-electron chi connectivity index (χ1n) is 5.98. The lowest BCUT2D eigenvalue weighted by Gasteiger charge is -2.12. The molecule has 0 heterocycles. The molecule has 8 heteroatoms. The number of anilines is 2. The second-order valence-corrected chi connectivity index (χ2v) is 5.42. The Morgan fingerprint density at radius 3 is 2.27 bits per heavy atom. The molecule has 22 heavy (non-hydrogen) atoms. The number of rotatable bonds is 2. The summed E-state index contributed by atoms with van der Waals surface area (Å²) in [4.78, 5) is 12.3. The second kappa shape index (κ2) is 6.13. The van der Waals surface area contributed by atoms with Gasteiger partial charge in [0.05, 0.1) is 5.56 Å². The minimum absolute atomic E-state index is 0.0173. The van der Waals surface area contributed by atoms with E-state index in [4.69, 9.17) is 5.73 Å². The summed E-state index contributed by atoms with van der Waals surface area (Å²) in [6.45, 7) is 0. The van der Waals surface area contributed by atoms with Gasteiger partial charge in [-0.15, -0.1) is 25.3 Å². The van der Waals surface area contributed by atoms with E-state index in [1.807, 2.05) is 0 Å². The van der Waals surface area contributed by atoms with E-state index in [0.29, 0.717) is 10.6 Å². The number of halogens is 3. The van der Waals surface area contributed by atoms with Gasteiger partial charge in [0, 0.05) is 26.7 Å². The lowest BCUT2D eigenvalue weighted by molar-refractivity contribution is -0.139. The maximum Gasteiger partial charge on any atom is 0.417 e. The fraction of sp³-hybridized carbons (Fsp3) is 0.0714. The monoisotopic (exact) mass is 344 g/mol. The number of alkyl halides is 3. The number of hydrogen-bond acceptors (Lipinski definition) is 4. The summed E-state index contributed by atoms with van der Waals surface area (Å²) < 4.78 is 38.4. The van der Waals surface area contributed by atoms with E-state index in [0.717, 1.165) is 6.07 Å². The zero-order valence-electron chi connectivity index (χ0n) is 11.0. The molecule has 0 fully saturated rings. The van der Waals surface area contributed by atoms with Crippen LogP contribution in [0.4, 0.5) is 24.5 Å². The molecule has 2 aromatic carbocycles. The van der Waals surface area contributed by atoms with E-state index in [1.54, 1.807) is 0 Å². The van der Waals surface area contributed by atoms with Crippen LogP contribution in [0.25, 0.3) is 0 Å². The van der Waals surface area contributed by atoms with Crippen molar-refractivity contribution in [2.45, 2.75) is 16.0 Å². The molecule has 0 spiro atoms. The lowest BCUT2D eigenvalue weighted by atomic mass is 10.1. The number of nitrogen functional groups attached to an aromatic ring is 1. The molecule has 0 unspecified atom stereocenters. The topological polar surface area (TPSA) is 55.1 Å². The van der Waals surface area contributed by atoms with Gasteiger partial charge in [-0.2, -0.15) is 13.2 Å². The van der Waals surface area contributed by atoms with Crippen molar-refractivity contribution < 1.29 is 18.0 Å². The number of benzene rings is 2. The Kier molecular flexibility index (Phi) is 4.62. The van der Waals surface area contributed by atoms with Crippen LogP contribution in [0, 0.1) is 0 Å².